The lowest BCUT2D eigenvalue weighted by molar-refractivity contribution is 0.311. The third-order valence-corrected chi connectivity index (χ3v) is 4.51. The summed E-state index contributed by atoms with van der Waals surface area (Å²) in [5.74, 6) is 1.10. The minimum atomic E-state index is 0.240. The number of fused-ring (bicyclic) bond motifs is 2. The average Bonchev–Trinajstić information content (AvgIpc) is 3.06. The molecule has 0 radical (unpaired) electrons. The van der Waals surface area contributed by atoms with Crippen molar-refractivity contribution < 1.29 is 5.21 Å². The van der Waals surface area contributed by atoms with E-state index in [0.29, 0.717) is 11.8 Å². The first-order chi connectivity index (χ1) is 9.35. The van der Waals surface area contributed by atoms with Crippen molar-refractivity contribution in [2.75, 3.05) is 11.4 Å². The van der Waals surface area contributed by atoms with Crippen molar-refractivity contribution in [3.05, 3.63) is 43.0 Å². The molecule has 0 aliphatic heterocycles. The monoisotopic (exact) mass is 256 g/mol. The maximum Gasteiger partial charge on any atom is 0.0828 e. The molecule has 2 fully saturated rings. The van der Waals surface area contributed by atoms with Crippen LogP contribution in [0.2, 0.25) is 0 Å². The van der Waals surface area contributed by atoms with Gasteiger partial charge in [0.2, 0.25) is 0 Å². The molecule has 0 amide bonds. The van der Waals surface area contributed by atoms with Crippen molar-refractivity contribution in [3.8, 4) is 0 Å². The lowest BCUT2D eigenvalue weighted by atomic mass is 9.91. The molecule has 0 aromatic heterocycles. The van der Waals surface area contributed by atoms with Crippen LogP contribution in [0.4, 0.5) is 5.69 Å². The van der Waals surface area contributed by atoms with Crippen molar-refractivity contribution in [2.45, 2.75) is 25.3 Å². The first kappa shape index (κ1) is 12.3. The SMILES string of the molecule is C=CCN(c1ccccc1)[C@H]1/C(=N\O)[C@H]2CC[C@@H]1C2. The van der Waals surface area contributed by atoms with Gasteiger partial charge in [-0.1, -0.05) is 29.4 Å². The molecule has 19 heavy (non-hydrogen) atoms. The molecule has 100 valence electrons. The quantitative estimate of drug-likeness (QED) is 0.509. The molecule has 3 heteroatoms. The molecule has 0 heterocycles. The van der Waals surface area contributed by atoms with Gasteiger partial charge in [0.25, 0.3) is 0 Å². The van der Waals surface area contributed by atoms with Crippen LogP contribution in [0.15, 0.2) is 48.1 Å². The van der Waals surface area contributed by atoms with Gasteiger partial charge < -0.3 is 10.1 Å². The van der Waals surface area contributed by atoms with E-state index in [9.17, 15) is 5.21 Å². The lowest BCUT2D eigenvalue weighted by Gasteiger charge is -2.36. The predicted octanol–water partition coefficient (Wildman–Crippen LogP) is 3.31. The zero-order chi connectivity index (χ0) is 13.2. The van der Waals surface area contributed by atoms with E-state index < -0.39 is 0 Å². The number of hydrogen-bond acceptors (Lipinski definition) is 3. The Bertz CT molecular complexity index is 483. The summed E-state index contributed by atoms with van der Waals surface area (Å²) in [4.78, 5) is 2.33. The highest BCUT2D eigenvalue weighted by atomic mass is 16.4. The lowest BCUT2D eigenvalue weighted by Crippen LogP contribution is -2.45. The van der Waals surface area contributed by atoms with E-state index in [2.05, 4.69) is 28.8 Å². The van der Waals surface area contributed by atoms with Crippen LogP contribution < -0.4 is 4.90 Å². The van der Waals surface area contributed by atoms with Crippen LogP contribution >= 0.6 is 0 Å². The molecule has 1 aromatic rings. The number of nitrogens with zero attached hydrogens (tertiary/aromatic N) is 2. The van der Waals surface area contributed by atoms with E-state index in [-0.39, 0.29) is 6.04 Å². The van der Waals surface area contributed by atoms with E-state index in [0.717, 1.165) is 12.3 Å². The molecule has 0 saturated heterocycles. The molecule has 2 bridgehead atoms. The van der Waals surface area contributed by atoms with Crippen LogP contribution in [0, 0.1) is 11.8 Å². The number of benzene rings is 1. The maximum absolute atomic E-state index is 9.36. The van der Waals surface area contributed by atoms with Crippen molar-refractivity contribution >= 4 is 11.4 Å². The summed E-state index contributed by atoms with van der Waals surface area (Å²) >= 11 is 0. The smallest absolute Gasteiger partial charge is 0.0828 e. The molecule has 0 spiro atoms. The van der Waals surface area contributed by atoms with Crippen LogP contribution in [-0.2, 0) is 0 Å². The second-order valence-electron chi connectivity index (χ2n) is 5.52. The zero-order valence-electron chi connectivity index (χ0n) is 11.1. The van der Waals surface area contributed by atoms with Gasteiger partial charge in [0.05, 0.1) is 11.8 Å². The summed E-state index contributed by atoms with van der Waals surface area (Å²) < 4.78 is 0. The number of oxime groups is 1. The van der Waals surface area contributed by atoms with Crippen LogP contribution in [0.1, 0.15) is 19.3 Å². The number of anilines is 1. The summed E-state index contributed by atoms with van der Waals surface area (Å²) in [6.07, 6.45) is 5.52. The standard InChI is InChI=1S/C16H20N2O/c1-2-10-18(14-6-4-3-5-7-14)16-13-9-8-12(11-13)15(16)17-19/h2-7,12-13,16,19H,1,8-11H2/b17-15-/t12-,13+,16+/m0/s1. The van der Waals surface area contributed by atoms with Gasteiger partial charge in [-0.2, -0.15) is 0 Å². The van der Waals surface area contributed by atoms with Gasteiger partial charge in [-0.25, -0.2) is 0 Å². The van der Waals surface area contributed by atoms with Crippen LogP contribution in [0.5, 0.6) is 0 Å². The van der Waals surface area contributed by atoms with Gasteiger partial charge in [0.1, 0.15) is 0 Å². The van der Waals surface area contributed by atoms with E-state index in [1.807, 2.05) is 24.3 Å². The fourth-order valence-electron chi connectivity index (χ4n) is 3.75. The van der Waals surface area contributed by atoms with E-state index in [1.165, 1.54) is 24.9 Å². The fraction of sp³-hybridized carbons (Fsp3) is 0.438. The number of para-hydroxylation sites is 1. The van der Waals surface area contributed by atoms with E-state index >= 15 is 0 Å². The Kier molecular flexibility index (Phi) is 3.28. The largest absolute Gasteiger partial charge is 0.411 e. The molecule has 3 atom stereocenters. The third-order valence-electron chi connectivity index (χ3n) is 4.51. The number of rotatable bonds is 4. The second kappa shape index (κ2) is 5.08. The first-order valence-corrected chi connectivity index (χ1v) is 6.99. The van der Waals surface area contributed by atoms with E-state index in [4.69, 9.17) is 0 Å². The van der Waals surface area contributed by atoms with Gasteiger partial charge in [0.15, 0.2) is 0 Å². The van der Waals surface area contributed by atoms with Crippen LogP contribution in [-0.4, -0.2) is 23.5 Å². The Morgan fingerprint density at radius 3 is 2.79 bits per heavy atom. The Morgan fingerprint density at radius 1 is 1.32 bits per heavy atom. The molecule has 2 saturated carbocycles. The Labute approximate surface area is 114 Å². The normalized spacial score (nSPS) is 30.7. The molecule has 3 rings (SSSR count). The second-order valence-corrected chi connectivity index (χ2v) is 5.52. The van der Waals surface area contributed by atoms with Crippen molar-refractivity contribution in [1.29, 1.82) is 0 Å². The highest BCUT2D eigenvalue weighted by Crippen LogP contribution is 2.45. The Morgan fingerprint density at radius 2 is 2.11 bits per heavy atom. The minimum Gasteiger partial charge on any atom is -0.411 e. The molecule has 1 N–H and O–H groups in total. The first-order valence-electron chi connectivity index (χ1n) is 6.99. The highest BCUT2D eigenvalue weighted by molar-refractivity contribution is 5.97. The Hall–Kier alpha value is -1.77. The maximum atomic E-state index is 9.36. The highest BCUT2D eigenvalue weighted by Gasteiger charge is 2.48. The van der Waals surface area contributed by atoms with Crippen molar-refractivity contribution in [2.24, 2.45) is 17.0 Å². The Balaban J connectivity index is 1.94. The number of hydrogen-bond donors (Lipinski definition) is 1. The summed E-state index contributed by atoms with van der Waals surface area (Å²) in [7, 11) is 0. The predicted molar refractivity (Wildman–Crippen MR) is 77.8 cm³/mol. The molecule has 1 aromatic carbocycles. The molecule has 3 nitrogen and oxygen atoms in total. The molecule has 2 aliphatic carbocycles. The van der Waals surface area contributed by atoms with Crippen molar-refractivity contribution in [3.63, 3.8) is 0 Å². The minimum absolute atomic E-state index is 0.240. The molecule has 2 aliphatic rings. The fourth-order valence-corrected chi connectivity index (χ4v) is 3.75. The summed E-state index contributed by atoms with van der Waals surface area (Å²) in [6, 6.07) is 10.6. The zero-order valence-corrected chi connectivity index (χ0v) is 11.1. The van der Waals surface area contributed by atoms with E-state index in [1.54, 1.807) is 0 Å². The van der Waals surface area contributed by atoms with Crippen molar-refractivity contribution in [1.82, 2.24) is 0 Å². The van der Waals surface area contributed by atoms with Gasteiger partial charge in [-0.05, 0) is 37.3 Å². The molecular formula is C16H20N2O. The topological polar surface area (TPSA) is 35.8 Å². The third kappa shape index (κ3) is 2.03. The molecule has 0 unspecified atom stereocenters. The van der Waals surface area contributed by atoms with Gasteiger partial charge in [-0.3, -0.25) is 0 Å². The molecular weight excluding hydrogens is 236 g/mol. The summed E-state index contributed by atoms with van der Waals surface area (Å²) in [5.41, 5.74) is 2.16. The van der Waals surface area contributed by atoms with Gasteiger partial charge in [-0.15, -0.1) is 6.58 Å². The van der Waals surface area contributed by atoms with Crippen LogP contribution in [0.3, 0.4) is 0 Å². The summed E-state index contributed by atoms with van der Waals surface area (Å²) in [6.45, 7) is 4.65. The van der Waals surface area contributed by atoms with Gasteiger partial charge >= 0.3 is 0 Å². The average molecular weight is 256 g/mol. The van der Waals surface area contributed by atoms with Crippen LogP contribution in [0.25, 0.3) is 0 Å². The van der Waals surface area contributed by atoms with Gasteiger partial charge in [0, 0.05) is 18.2 Å². The summed E-state index contributed by atoms with van der Waals surface area (Å²) in [5, 5.41) is 13.0.